The summed E-state index contributed by atoms with van der Waals surface area (Å²) in [4.78, 5) is 25.7. The second-order valence-corrected chi connectivity index (χ2v) is 8.19. The highest BCUT2D eigenvalue weighted by molar-refractivity contribution is 6.33. The number of piperidine rings is 1. The molecule has 2 aromatic rings. The van der Waals surface area contributed by atoms with Crippen molar-refractivity contribution in [2.45, 2.75) is 25.7 Å². The van der Waals surface area contributed by atoms with E-state index in [0.717, 1.165) is 57.8 Å². The number of hydrogen-bond acceptors (Lipinski definition) is 7. The number of rotatable bonds is 6. The van der Waals surface area contributed by atoms with E-state index in [2.05, 4.69) is 30.9 Å². The van der Waals surface area contributed by atoms with E-state index in [4.69, 9.17) is 16.3 Å². The number of ether oxygens (including phenoxy) is 1. The van der Waals surface area contributed by atoms with Gasteiger partial charge in [-0.2, -0.15) is 0 Å². The van der Waals surface area contributed by atoms with E-state index in [0.29, 0.717) is 34.7 Å². The Bertz CT molecular complexity index is 868. The van der Waals surface area contributed by atoms with Crippen LogP contribution in [0.25, 0.3) is 11.4 Å². The first-order chi connectivity index (χ1) is 14.7. The van der Waals surface area contributed by atoms with Gasteiger partial charge < -0.3 is 20.7 Å². The number of aromatic nitrogens is 3. The molecule has 3 N–H and O–H groups in total. The maximum absolute atomic E-state index is 12.5. The first kappa shape index (κ1) is 21.0. The van der Waals surface area contributed by atoms with E-state index in [-0.39, 0.29) is 11.8 Å². The molecule has 2 saturated heterocycles. The van der Waals surface area contributed by atoms with Crippen molar-refractivity contribution in [2.24, 2.45) is 11.8 Å². The van der Waals surface area contributed by atoms with Crippen LogP contribution in [0.2, 0.25) is 5.02 Å². The SMILES string of the molecule is O=C(Nc1cc(-c2nccc(NCC3CCOCC3)n2)c(Cl)cn1)C1CCCNC1. The molecule has 9 heteroatoms. The van der Waals surface area contributed by atoms with Crippen LogP contribution in [0.1, 0.15) is 25.7 Å². The third-order valence-corrected chi connectivity index (χ3v) is 5.88. The minimum absolute atomic E-state index is 0.0317. The summed E-state index contributed by atoms with van der Waals surface area (Å²) in [7, 11) is 0. The fourth-order valence-electron chi connectivity index (χ4n) is 3.77. The summed E-state index contributed by atoms with van der Waals surface area (Å²) in [5.74, 6) is 2.20. The highest BCUT2D eigenvalue weighted by atomic mass is 35.5. The van der Waals surface area contributed by atoms with Gasteiger partial charge in [0.05, 0.1) is 10.9 Å². The number of anilines is 2. The van der Waals surface area contributed by atoms with E-state index in [9.17, 15) is 4.79 Å². The molecule has 0 bridgehead atoms. The lowest BCUT2D eigenvalue weighted by molar-refractivity contribution is -0.120. The Morgan fingerprint density at radius 2 is 2.10 bits per heavy atom. The molecule has 1 amide bonds. The fourth-order valence-corrected chi connectivity index (χ4v) is 3.96. The molecule has 0 radical (unpaired) electrons. The average Bonchev–Trinajstić information content (AvgIpc) is 2.80. The Labute approximate surface area is 181 Å². The van der Waals surface area contributed by atoms with Gasteiger partial charge in [-0.25, -0.2) is 15.0 Å². The molecular weight excluding hydrogens is 404 g/mol. The van der Waals surface area contributed by atoms with Crippen LogP contribution >= 0.6 is 11.6 Å². The first-order valence-corrected chi connectivity index (χ1v) is 10.9. The van der Waals surface area contributed by atoms with Crippen LogP contribution in [0.4, 0.5) is 11.6 Å². The van der Waals surface area contributed by atoms with Crippen LogP contribution < -0.4 is 16.0 Å². The number of hydrogen-bond donors (Lipinski definition) is 3. The lowest BCUT2D eigenvalue weighted by atomic mass is 9.99. The zero-order valence-electron chi connectivity index (χ0n) is 16.9. The normalized spacial score (nSPS) is 20.0. The molecule has 4 heterocycles. The molecule has 2 fully saturated rings. The predicted molar refractivity (Wildman–Crippen MR) is 117 cm³/mol. The molecular formula is C21H27ClN6O2. The molecule has 0 aromatic carbocycles. The molecule has 8 nitrogen and oxygen atoms in total. The van der Waals surface area contributed by atoms with Crippen molar-refractivity contribution in [3.63, 3.8) is 0 Å². The highest BCUT2D eigenvalue weighted by Gasteiger charge is 2.22. The molecule has 30 heavy (non-hydrogen) atoms. The number of nitrogens with zero attached hydrogens (tertiary/aromatic N) is 3. The summed E-state index contributed by atoms with van der Waals surface area (Å²) in [5, 5.41) is 9.98. The molecule has 0 aliphatic carbocycles. The first-order valence-electron chi connectivity index (χ1n) is 10.5. The van der Waals surface area contributed by atoms with Gasteiger partial charge in [0.2, 0.25) is 5.91 Å². The molecule has 0 spiro atoms. The van der Waals surface area contributed by atoms with Crippen molar-refractivity contribution < 1.29 is 9.53 Å². The van der Waals surface area contributed by atoms with Crippen LogP contribution in [0.15, 0.2) is 24.5 Å². The van der Waals surface area contributed by atoms with Gasteiger partial charge in [-0.15, -0.1) is 0 Å². The van der Waals surface area contributed by atoms with E-state index >= 15 is 0 Å². The third kappa shape index (κ3) is 5.44. The van der Waals surface area contributed by atoms with Gasteiger partial charge in [-0.1, -0.05) is 11.6 Å². The summed E-state index contributed by atoms with van der Waals surface area (Å²) in [6.07, 6.45) is 7.22. The second-order valence-electron chi connectivity index (χ2n) is 7.78. The quantitative estimate of drug-likeness (QED) is 0.647. The molecule has 4 rings (SSSR count). The zero-order valence-corrected chi connectivity index (χ0v) is 17.6. The van der Waals surface area contributed by atoms with Crippen LogP contribution in [0.5, 0.6) is 0 Å². The minimum atomic E-state index is -0.0476. The van der Waals surface area contributed by atoms with Gasteiger partial charge in [0, 0.05) is 44.3 Å². The molecule has 0 saturated carbocycles. The Morgan fingerprint density at radius 3 is 2.90 bits per heavy atom. The zero-order chi connectivity index (χ0) is 20.8. The lowest BCUT2D eigenvalue weighted by Crippen LogP contribution is -2.37. The third-order valence-electron chi connectivity index (χ3n) is 5.58. The van der Waals surface area contributed by atoms with Crippen molar-refractivity contribution >= 4 is 29.1 Å². The Kier molecular flexibility index (Phi) is 7.09. The maximum Gasteiger partial charge on any atom is 0.229 e. The van der Waals surface area contributed by atoms with Gasteiger partial charge in [0.15, 0.2) is 5.82 Å². The van der Waals surface area contributed by atoms with E-state index in [1.807, 2.05) is 6.07 Å². The predicted octanol–water partition coefficient (Wildman–Crippen LogP) is 2.97. The Hall–Kier alpha value is -2.29. The number of amides is 1. The van der Waals surface area contributed by atoms with E-state index in [1.165, 1.54) is 6.20 Å². The van der Waals surface area contributed by atoms with Gasteiger partial charge in [-0.3, -0.25) is 4.79 Å². The number of carbonyl (C=O) groups is 1. The number of pyridine rings is 1. The van der Waals surface area contributed by atoms with E-state index < -0.39 is 0 Å². The summed E-state index contributed by atoms with van der Waals surface area (Å²) in [5.41, 5.74) is 0.637. The Balaban J connectivity index is 1.45. The maximum atomic E-state index is 12.5. The molecule has 2 aliphatic heterocycles. The monoisotopic (exact) mass is 430 g/mol. The Morgan fingerprint density at radius 1 is 1.23 bits per heavy atom. The number of halogens is 1. The summed E-state index contributed by atoms with van der Waals surface area (Å²) in [6, 6.07) is 3.57. The van der Waals surface area contributed by atoms with Gasteiger partial charge in [-0.05, 0) is 50.3 Å². The summed E-state index contributed by atoms with van der Waals surface area (Å²) >= 11 is 6.37. The lowest BCUT2D eigenvalue weighted by Gasteiger charge is -2.22. The highest BCUT2D eigenvalue weighted by Crippen LogP contribution is 2.28. The number of nitrogens with one attached hydrogen (secondary N) is 3. The van der Waals surface area contributed by atoms with Crippen molar-refractivity contribution in [3.05, 3.63) is 29.5 Å². The largest absolute Gasteiger partial charge is 0.381 e. The summed E-state index contributed by atoms with van der Waals surface area (Å²) in [6.45, 7) is 4.14. The molecule has 1 unspecified atom stereocenters. The van der Waals surface area contributed by atoms with Crippen molar-refractivity contribution in [1.82, 2.24) is 20.3 Å². The van der Waals surface area contributed by atoms with Gasteiger partial charge in [0.1, 0.15) is 11.6 Å². The second kappa shape index (κ2) is 10.1. The van der Waals surface area contributed by atoms with Crippen LogP contribution in [0, 0.1) is 11.8 Å². The van der Waals surface area contributed by atoms with Gasteiger partial charge in [0.25, 0.3) is 0 Å². The molecule has 2 aromatic heterocycles. The standard InChI is InChI=1S/C21H27ClN6O2/c22-17-13-26-19(28-21(29)15-2-1-6-23-12-15)10-16(17)20-24-7-3-18(27-20)25-11-14-4-8-30-9-5-14/h3,7,10,13-15,23H,1-2,4-6,8-9,11-12H2,(H,24,25,27)(H,26,28,29). The van der Waals surface area contributed by atoms with Crippen LogP contribution in [0.3, 0.4) is 0 Å². The average molecular weight is 431 g/mol. The minimum Gasteiger partial charge on any atom is -0.381 e. The summed E-state index contributed by atoms with van der Waals surface area (Å²) < 4.78 is 5.41. The molecule has 2 aliphatic rings. The van der Waals surface area contributed by atoms with Crippen LogP contribution in [-0.4, -0.2) is 53.7 Å². The van der Waals surface area contributed by atoms with Crippen molar-refractivity contribution in [2.75, 3.05) is 43.5 Å². The van der Waals surface area contributed by atoms with Crippen molar-refractivity contribution in [3.8, 4) is 11.4 Å². The fraction of sp³-hybridized carbons (Fsp3) is 0.524. The topological polar surface area (TPSA) is 101 Å². The van der Waals surface area contributed by atoms with E-state index in [1.54, 1.807) is 12.3 Å². The number of carbonyl (C=O) groups excluding carboxylic acids is 1. The molecule has 1 atom stereocenters. The smallest absolute Gasteiger partial charge is 0.229 e. The van der Waals surface area contributed by atoms with Crippen molar-refractivity contribution in [1.29, 1.82) is 0 Å². The van der Waals surface area contributed by atoms with Gasteiger partial charge >= 0.3 is 0 Å². The van der Waals surface area contributed by atoms with Crippen LogP contribution in [-0.2, 0) is 9.53 Å². The molecule has 160 valence electrons.